The highest BCUT2D eigenvalue weighted by Crippen LogP contribution is 2.34. The van der Waals surface area contributed by atoms with Crippen molar-refractivity contribution in [3.63, 3.8) is 0 Å². The zero-order valence-corrected chi connectivity index (χ0v) is 14.6. The lowest BCUT2D eigenvalue weighted by Crippen LogP contribution is -2.34. The van der Waals surface area contributed by atoms with Crippen molar-refractivity contribution in [2.45, 2.75) is 62.9 Å². The molecule has 2 fully saturated rings. The van der Waals surface area contributed by atoms with E-state index in [2.05, 4.69) is 10.2 Å². The highest BCUT2D eigenvalue weighted by atomic mass is 19.1. The van der Waals surface area contributed by atoms with Gasteiger partial charge >= 0.3 is 0 Å². The molecule has 3 nitrogen and oxygen atoms in total. The molecule has 0 amide bonds. The normalized spacial score (nSPS) is 27.8. The van der Waals surface area contributed by atoms with Crippen molar-refractivity contribution >= 4 is 0 Å². The molecule has 2 aliphatic rings. The van der Waals surface area contributed by atoms with Crippen LogP contribution in [0.4, 0.5) is 4.39 Å². The number of hydrogen-bond donors (Lipinski definition) is 2. The lowest BCUT2D eigenvalue weighted by atomic mass is 9.94. The number of halogens is 1. The van der Waals surface area contributed by atoms with Crippen molar-refractivity contribution in [1.29, 1.82) is 0 Å². The average Bonchev–Trinajstić information content (AvgIpc) is 3.24. The first-order chi connectivity index (χ1) is 11.8. The third-order valence-electron chi connectivity index (χ3n) is 5.80. The van der Waals surface area contributed by atoms with Gasteiger partial charge in [-0.3, -0.25) is 4.90 Å². The minimum absolute atomic E-state index is 0.149. The van der Waals surface area contributed by atoms with Gasteiger partial charge in [-0.05, 0) is 81.8 Å². The molecule has 0 bridgehead atoms. The van der Waals surface area contributed by atoms with Crippen LogP contribution in [0.3, 0.4) is 0 Å². The van der Waals surface area contributed by atoms with E-state index < -0.39 is 0 Å². The molecule has 0 radical (unpaired) electrons. The fourth-order valence-corrected chi connectivity index (χ4v) is 4.44. The van der Waals surface area contributed by atoms with E-state index in [1.807, 2.05) is 12.1 Å². The molecule has 3 rings (SSSR count). The Morgan fingerprint density at radius 1 is 1.08 bits per heavy atom. The highest BCUT2D eigenvalue weighted by Gasteiger charge is 2.28. The second-order valence-electron chi connectivity index (χ2n) is 7.37. The topological polar surface area (TPSA) is 35.5 Å². The quantitative estimate of drug-likeness (QED) is 0.716. The number of likely N-dealkylation sites (tertiary alicyclic amines) is 1. The first-order valence-corrected chi connectivity index (χ1v) is 9.61. The molecule has 1 aliphatic heterocycles. The van der Waals surface area contributed by atoms with E-state index in [1.54, 1.807) is 12.1 Å². The van der Waals surface area contributed by atoms with Gasteiger partial charge in [0, 0.05) is 12.1 Å². The van der Waals surface area contributed by atoms with Gasteiger partial charge in [0.1, 0.15) is 5.82 Å². The third kappa shape index (κ3) is 4.56. The fourth-order valence-electron chi connectivity index (χ4n) is 4.44. The van der Waals surface area contributed by atoms with Crippen molar-refractivity contribution in [2.24, 2.45) is 0 Å². The fraction of sp³-hybridized carbons (Fsp3) is 0.700. The number of nitrogens with zero attached hydrogens (tertiary/aromatic N) is 1. The van der Waals surface area contributed by atoms with Crippen molar-refractivity contribution in [2.75, 3.05) is 26.2 Å². The number of rotatable bonds is 8. The summed E-state index contributed by atoms with van der Waals surface area (Å²) in [7, 11) is 0. The SMILES string of the molecule is OCC1CCCN1CCCCNC1CCCC1c1ccc(F)cc1. The number of hydrogen-bond acceptors (Lipinski definition) is 3. The van der Waals surface area contributed by atoms with Crippen molar-refractivity contribution in [3.05, 3.63) is 35.6 Å². The summed E-state index contributed by atoms with van der Waals surface area (Å²) in [5, 5.41) is 13.1. The summed E-state index contributed by atoms with van der Waals surface area (Å²) >= 11 is 0. The zero-order chi connectivity index (χ0) is 16.8. The minimum atomic E-state index is -0.149. The number of aliphatic hydroxyl groups excluding tert-OH is 1. The van der Waals surface area contributed by atoms with Gasteiger partial charge < -0.3 is 10.4 Å². The van der Waals surface area contributed by atoms with Crippen LogP contribution >= 0.6 is 0 Å². The van der Waals surface area contributed by atoms with Crippen LogP contribution in [0.2, 0.25) is 0 Å². The van der Waals surface area contributed by atoms with Gasteiger partial charge in [0.25, 0.3) is 0 Å². The van der Waals surface area contributed by atoms with E-state index in [0.29, 0.717) is 24.6 Å². The molecule has 2 N–H and O–H groups in total. The Bertz CT molecular complexity index is 493. The predicted molar refractivity (Wildman–Crippen MR) is 95.7 cm³/mol. The van der Waals surface area contributed by atoms with E-state index in [-0.39, 0.29) is 5.82 Å². The lowest BCUT2D eigenvalue weighted by Gasteiger charge is -2.24. The summed E-state index contributed by atoms with van der Waals surface area (Å²) < 4.78 is 13.1. The van der Waals surface area contributed by atoms with Gasteiger partial charge in [-0.15, -0.1) is 0 Å². The zero-order valence-electron chi connectivity index (χ0n) is 14.6. The van der Waals surface area contributed by atoms with E-state index in [9.17, 15) is 9.50 Å². The van der Waals surface area contributed by atoms with Crippen LogP contribution in [-0.2, 0) is 0 Å². The van der Waals surface area contributed by atoms with Gasteiger partial charge in [-0.1, -0.05) is 18.6 Å². The summed E-state index contributed by atoms with van der Waals surface area (Å²) in [6.07, 6.45) is 8.43. The van der Waals surface area contributed by atoms with E-state index >= 15 is 0 Å². The minimum Gasteiger partial charge on any atom is -0.395 e. The number of unbranched alkanes of at least 4 members (excludes halogenated alkanes) is 1. The molecule has 1 heterocycles. The molecule has 1 aromatic carbocycles. The Morgan fingerprint density at radius 3 is 2.71 bits per heavy atom. The standard InChI is InChI=1S/C20H31FN2O/c21-17-10-8-16(9-11-17)19-6-3-7-20(19)22-12-1-2-13-23-14-4-5-18(23)15-24/h8-11,18-20,22,24H,1-7,12-15H2. The lowest BCUT2D eigenvalue weighted by molar-refractivity contribution is 0.157. The van der Waals surface area contributed by atoms with E-state index in [1.165, 1.54) is 44.1 Å². The summed E-state index contributed by atoms with van der Waals surface area (Å²) in [6, 6.07) is 7.99. The van der Waals surface area contributed by atoms with E-state index in [4.69, 9.17) is 0 Å². The largest absolute Gasteiger partial charge is 0.395 e. The first-order valence-electron chi connectivity index (χ1n) is 9.61. The molecule has 3 atom stereocenters. The van der Waals surface area contributed by atoms with Gasteiger partial charge in [0.05, 0.1) is 6.61 Å². The maximum absolute atomic E-state index is 13.1. The van der Waals surface area contributed by atoms with Crippen LogP contribution in [0, 0.1) is 5.82 Å². The second kappa shape index (κ2) is 8.93. The van der Waals surface area contributed by atoms with Crippen LogP contribution in [0.5, 0.6) is 0 Å². The van der Waals surface area contributed by atoms with Crippen LogP contribution in [-0.4, -0.2) is 48.3 Å². The Kier molecular flexibility index (Phi) is 6.64. The van der Waals surface area contributed by atoms with Gasteiger partial charge in [-0.2, -0.15) is 0 Å². The molecule has 4 heteroatoms. The van der Waals surface area contributed by atoms with Crippen molar-refractivity contribution in [1.82, 2.24) is 10.2 Å². The van der Waals surface area contributed by atoms with E-state index in [0.717, 1.165) is 26.1 Å². The Hall–Kier alpha value is -0.970. The van der Waals surface area contributed by atoms with Gasteiger partial charge in [-0.25, -0.2) is 4.39 Å². The molecule has 24 heavy (non-hydrogen) atoms. The third-order valence-corrected chi connectivity index (χ3v) is 5.80. The monoisotopic (exact) mass is 334 g/mol. The molecule has 0 aromatic heterocycles. The maximum atomic E-state index is 13.1. The van der Waals surface area contributed by atoms with Crippen LogP contribution in [0.1, 0.15) is 56.4 Å². The highest BCUT2D eigenvalue weighted by molar-refractivity contribution is 5.23. The smallest absolute Gasteiger partial charge is 0.123 e. The second-order valence-corrected chi connectivity index (χ2v) is 7.37. The molecule has 3 unspecified atom stereocenters. The predicted octanol–water partition coefficient (Wildman–Crippen LogP) is 3.29. The Balaban J connectivity index is 1.37. The summed E-state index contributed by atoms with van der Waals surface area (Å²) in [5.74, 6) is 0.382. The van der Waals surface area contributed by atoms with Crippen molar-refractivity contribution in [3.8, 4) is 0 Å². The van der Waals surface area contributed by atoms with Crippen LogP contribution in [0.25, 0.3) is 0 Å². The van der Waals surface area contributed by atoms with Gasteiger partial charge in [0.2, 0.25) is 0 Å². The average molecular weight is 334 g/mol. The van der Waals surface area contributed by atoms with Gasteiger partial charge in [0.15, 0.2) is 0 Å². The van der Waals surface area contributed by atoms with Crippen molar-refractivity contribution < 1.29 is 9.50 Å². The molecule has 1 saturated carbocycles. The molecule has 0 spiro atoms. The number of aliphatic hydroxyl groups is 1. The summed E-state index contributed by atoms with van der Waals surface area (Å²) in [6.45, 7) is 3.62. The summed E-state index contributed by atoms with van der Waals surface area (Å²) in [4.78, 5) is 2.44. The Morgan fingerprint density at radius 2 is 1.92 bits per heavy atom. The number of benzene rings is 1. The molecule has 134 valence electrons. The molecular weight excluding hydrogens is 303 g/mol. The van der Waals surface area contributed by atoms with Crippen LogP contribution < -0.4 is 5.32 Å². The first kappa shape index (κ1) is 17.8. The van der Waals surface area contributed by atoms with Crippen LogP contribution in [0.15, 0.2) is 24.3 Å². The molecular formula is C20H31FN2O. The molecule has 1 saturated heterocycles. The molecule has 1 aromatic rings. The Labute approximate surface area is 145 Å². The summed E-state index contributed by atoms with van der Waals surface area (Å²) in [5.41, 5.74) is 1.27. The maximum Gasteiger partial charge on any atom is 0.123 e. The molecule has 1 aliphatic carbocycles. The number of nitrogens with one attached hydrogen (secondary N) is 1.